The van der Waals surface area contributed by atoms with E-state index >= 15 is 0 Å². The molecule has 1 heterocycles. The summed E-state index contributed by atoms with van der Waals surface area (Å²) in [6, 6.07) is 6.10. The molecule has 1 fully saturated rings. The van der Waals surface area contributed by atoms with Crippen LogP contribution in [0.25, 0.3) is 0 Å². The summed E-state index contributed by atoms with van der Waals surface area (Å²) in [5, 5.41) is 0.706. The van der Waals surface area contributed by atoms with Gasteiger partial charge in [-0.05, 0) is 31.7 Å². The van der Waals surface area contributed by atoms with Crippen LogP contribution in [-0.4, -0.2) is 19.7 Å². The molecule has 0 saturated carbocycles. The van der Waals surface area contributed by atoms with E-state index in [-0.39, 0.29) is 6.04 Å². The van der Waals surface area contributed by atoms with Crippen LogP contribution in [0.2, 0.25) is 5.02 Å². The van der Waals surface area contributed by atoms with Crippen LogP contribution >= 0.6 is 11.6 Å². The van der Waals surface area contributed by atoms with E-state index in [4.69, 9.17) is 22.1 Å². The zero-order valence-corrected chi connectivity index (χ0v) is 10.8. The molecule has 0 radical (unpaired) electrons. The first-order valence-electron chi connectivity index (χ1n) is 5.72. The van der Waals surface area contributed by atoms with Crippen molar-refractivity contribution in [1.29, 1.82) is 0 Å². The highest BCUT2D eigenvalue weighted by Crippen LogP contribution is 2.35. The third kappa shape index (κ3) is 2.40. The number of ether oxygens (including phenoxy) is 1. The first kappa shape index (κ1) is 12.6. The number of hydrazine groups is 1. The Morgan fingerprint density at radius 1 is 1.41 bits per heavy atom. The molecular formula is C12H18ClN3O. The molecule has 3 atom stereocenters. The van der Waals surface area contributed by atoms with Gasteiger partial charge in [-0.15, -0.1) is 0 Å². The normalized spacial score (nSPS) is 28.4. The van der Waals surface area contributed by atoms with Gasteiger partial charge in [-0.25, -0.2) is 5.43 Å². The van der Waals surface area contributed by atoms with Gasteiger partial charge >= 0.3 is 0 Å². The molecule has 0 amide bonds. The Morgan fingerprint density at radius 2 is 2.18 bits per heavy atom. The van der Waals surface area contributed by atoms with Crippen molar-refractivity contribution in [2.45, 2.75) is 19.0 Å². The lowest BCUT2D eigenvalue weighted by Crippen LogP contribution is -2.30. The molecule has 1 aromatic rings. The zero-order valence-electron chi connectivity index (χ0n) is 10.0. The SMILES string of the molecule is COc1ccc(Cl)cc1C1NNC(C)C1CN. The Labute approximate surface area is 106 Å². The molecule has 0 aromatic heterocycles. The largest absolute Gasteiger partial charge is 0.496 e. The third-order valence-corrected chi connectivity index (χ3v) is 3.57. The minimum atomic E-state index is 0.128. The van der Waals surface area contributed by atoms with E-state index < -0.39 is 0 Å². The van der Waals surface area contributed by atoms with Crippen LogP contribution in [0.5, 0.6) is 5.75 Å². The minimum Gasteiger partial charge on any atom is -0.496 e. The summed E-state index contributed by atoms with van der Waals surface area (Å²) in [6.07, 6.45) is 0. The first-order chi connectivity index (χ1) is 8.17. The molecule has 0 aliphatic carbocycles. The quantitative estimate of drug-likeness (QED) is 0.766. The van der Waals surface area contributed by atoms with Gasteiger partial charge in [-0.3, -0.25) is 5.43 Å². The lowest BCUT2D eigenvalue weighted by atomic mass is 9.90. The van der Waals surface area contributed by atoms with E-state index in [2.05, 4.69) is 17.8 Å². The average molecular weight is 256 g/mol. The summed E-state index contributed by atoms with van der Waals surface area (Å²) >= 11 is 6.04. The number of benzene rings is 1. The highest BCUT2D eigenvalue weighted by molar-refractivity contribution is 6.30. The van der Waals surface area contributed by atoms with Crippen molar-refractivity contribution in [2.24, 2.45) is 11.7 Å². The maximum atomic E-state index is 6.04. The predicted molar refractivity (Wildman–Crippen MR) is 69.0 cm³/mol. The number of hydrogen-bond donors (Lipinski definition) is 3. The highest BCUT2D eigenvalue weighted by Gasteiger charge is 2.34. The molecule has 94 valence electrons. The molecular weight excluding hydrogens is 238 g/mol. The van der Waals surface area contributed by atoms with Gasteiger partial charge < -0.3 is 10.5 Å². The monoisotopic (exact) mass is 255 g/mol. The van der Waals surface area contributed by atoms with Crippen molar-refractivity contribution in [3.8, 4) is 5.75 Å². The van der Waals surface area contributed by atoms with Crippen molar-refractivity contribution in [3.05, 3.63) is 28.8 Å². The van der Waals surface area contributed by atoms with Gasteiger partial charge in [0, 0.05) is 22.5 Å². The van der Waals surface area contributed by atoms with Crippen molar-refractivity contribution >= 4 is 11.6 Å². The van der Waals surface area contributed by atoms with Crippen molar-refractivity contribution < 1.29 is 4.74 Å². The molecule has 17 heavy (non-hydrogen) atoms. The van der Waals surface area contributed by atoms with Gasteiger partial charge in [-0.2, -0.15) is 0 Å². The summed E-state index contributed by atoms with van der Waals surface area (Å²) in [4.78, 5) is 0. The smallest absolute Gasteiger partial charge is 0.123 e. The van der Waals surface area contributed by atoms with Crippen LogP contribution in [0.3, 0.4) is 0 Å². The number of hydrogen-bond acceptors (Lipinski definition) is 4. The van der Waals surface area contributed by atoms with Gasteiger partial charge in [0.15, 0.2) is 0 Å². The maximum absolute atomic E-state index is 6.04. The molecule has 0 bridgehead atoms. The summed E-state index contributed by atoms with van der Waals surface area (Å²) in [5.41, 5.74) is 13.3. The van der Waals surface area contributed by atoms with Crippen molar-refractivity contribution in [1.82, 2.24) is 10.9 Å². The van der Waals surface area contributed by atoms with Crippen LogP contribution in [0.15, 0.2) is 18.2 Å². The lowest BCUT2D eigenvalue weighted by Gasteiger charge is -2.21. The summed E-state index contributed by atoms with van der Waals surface area (Å²) in [7, 11) is 1.66. The van der Waals surface area contributed by atoms with Crippen LogP contribution in [0, 0.1) is 5.92 Å². The molecule has 5 heteroatoms. The number of rotatable bonds is 3. The summed E-state index contributed by atoms with van der Waals surface area (Å²) in [6.45, 7) is 2.73. The zero-order chi connectivity index (χ0) is 12.4. The third-order valence-electron chi connectivity index (χ3n) is 3.34. The molecule has 0 spiro atoms. The topological polar surface area (TPSA) is 59.3 Å². The van der Waals surface area contributed by atoms with Crippen molar-refractivity contribution in [2.75, 3.05) is 13.7 Å². The van der Waals surface area contributed by atoms with Gasteiger partial charge in [0.25, 0.3) is 0 Å². The van der Waals surface area contributed by atoms with Gasteiger partial charge in [0.05, 0.1) is 13.2 Å². The second-order valence-electron chi connectivity index (χ2n) is 4.34. The molecule has 2 rings (SSSR count). The maximum Gasteiger partial charge on any atom is 0.123 e. The second kappa shape index (κ2) is 5.23. The Balaban J connectivity index is 2.35. The summed E-state index contributed by atoms with van der Waals surface area (Å²) in [5.74, 6) is 1.16. The Morgan fingerprint density at radius 3 is 2.82 bits per heavy atom. The minimum absolute atomic E-state index is 0.128. The Kier molecular flexibility index (Phi) is 3.89. The van der Waals surface area contributed by atoms with E-state index in [9.17, 15) is 0 Å². The molecule has 4 nitrogen and oxygen atoms in total. The number of methoxy groups -OCH3 is 1. The standard InChI is InChI=1S/C12H18ClN3O/c1-7-10(6-14)12(16-15-7)9-5-8(13)3-4-11(9)17-2/h3-5,7,10,12,15-16H,6,14H2,1-2H3. The van der Waals surface area contributed by atoms with Crippen LogP contribution < -0.4 is 21.3 Å². The Bertz CT molecular complexity index is 399. The predicted octanol–water partition coefficient (Wildman–Crippen LogP) is 1.46. The average Bonchev–Trinajstić information content (AvgIpc) is 2.70. The van der Waals surface area contributed by atoms with Gasteiger partial charge in [0.1, 0.15) is 5.75 Å². The van der Waals surface area contributed by atoms with Gasteiger partial charge in [0.2, 0.25) is 0 Å². The van der Waals surface area contributed by atoms with Crippen LogP contribution in [0.4, 0.5) is 0 Å². The van der Waals surface area contributed by atoms with E-state index in [1.54, 1.807) is 7.11 Å². The molecule has 1 saturated heterocycles. The Hall–Kier alpha value is -0.810. The second-order valence-corrected chi connectivity index (χ2v) is 4.78. The summed E-state index contributed by atoms with van der Waals surface area (Å²) < 4.78 is 5.37. The fraction of sp³-hybridized carbons (Fsp3) is 0.500. The number of halogens is 1. The molecule has 3 unspecified atom stereocenters. The molecule has 1 aliphatic heterocycles. The number of nitrogens with two attached hydrogens (primary N) is 1. The van der Waals surface area contributed by atoms with Crippen molar-refractivity contribution in [3.63, 3.8) is 0 Å². The van der Waals surface area contributed by atoms with E-state index in [0.29, 0.717) is 23.5 Å². The van der Waals surface area contributed by atoms with Gasteiger partial charge in [-0.1, -0.05) is 11.6 Å². The molecule has 1 aromatic carbocycles. The molecule has 1 aliphatic rings. The van der Waals surface area contributed by atoms with E-state index in [0.717, 1.165) is 11.3 Å². The van der Waals surface area contributed by atoms with E-state index in [1.165, 1.54) is 0 Å². The van der Waals surface area contributed by atoms with Crippen LogP contribution in [-0.2, 0) is 0 Å². The first-order valence-corrected chi connectivity index (χ1v) is 6.09. The van der Waals surface area contributed by atoms with Crippen LogP contribution in [0.1, 0.15) is 18.5 Å². The fourth-order valence-electron chi connectivity index (χ4n) is 2.32. The van der Waals surface area contributed by atoms with E-state index in [1.807, 2.05) is 18.2 Å². The molecule has 4 N–H and O–H groups in total. The highest BCUT2D eigenvalue weighted by atomic mass is 35.5. The lowest BCUT2D eigenvalue weighted by molar-refractivity contribution is 0.386. The fourth-order valence-corrected chi connectivity index (χ4v) is 2.50. The number of nitrogens with one attached hydrogen (secondary N) is 2.